The first-order chi connectivity index (χ1) is 9.20. The Labute approximate surface area is 112 Å². The fraction of sp³-hybridized carbons (Fsp3) is 0.385. The molecule has 102 valence electrons. The molecule has 0 aliphatic rings. The monoisotopic (exact) mass is 261 g/mol. The van der Waals surface area contributed by atoms with Crippen LogP contribution in [-0.2, 0) is 13.0 Å². The number of nitrogen functional groups attached to an aromatic ring is 1. The summed E-state index contributed by atoms with van der Waals surface area (Å²) in [6.45, 7) is 3.40. The largest absolute Gasteiger partial charge is 0.397 e. The number of aromatic nitrogens is 3. The SMILES string of the molecule is CCCn1cc(N)cc1C(=O)NCCc1ncc[nH]1. The predicted molar refractivity (Wildman–Crippen MR) is 73.8 cm³/mol. The van der Waals surface area contributed by atoms with Gasteiger partial charge in [0.25, 0.3) is 5.91 Å². The van der Waals surface area contributed by atoms with E-state index in [1.54, 1.807) is 24.7 Å². The molecule has 6 heteroatoms. The number of amides is 1. The van der Waals surface area contributed by atoms with Gasteiger partial charge in [-0.2, -0.15) is 0 Å². The molecule has 1 amide bonds. The molecule has 0 unspecified atom stereocenters. The molecule has 19 heavy (non-hydrogen) atoms. The van der Waals surface area contributed by atoms with Crippen LogP contribution in [0, 0.1) is 0 Å². The Hall–Kier alpha value is -2.24. The first-order valence-electron chi connectivity index (χ1n) is 6.42. The summed E-state index contributed by atoms with van der Waals surface area (Å²) in [6.07, 6.45) is 6.91. The predicted octanol–water partition coefficient (Wildman–Crippen LogP) is 1.18. The van der Waals surface area contributed by atoms with Crippen molar-refractivity contribution < 1.29 is 4.79 Å². The van der Waals surface area contributed by atoms with E-state index in [9.17, 15) is 4.79 Å². The molecule has 2 aromatic heterocycles. The normalized spacial score (nSPS) is 10.6. The molecule has 4 N–H and O–H groups in total. The first kappa shape index (κ1) is 13.2. The molecule has 2 aromatic rings. The number of aryl methyl sites for hydroxylation is 1. The molecule has 6 nitrogen and oxygen atoms in total. The van der Waals surface area contributed by atoms with Gasteiger partial charge in [0.2, 0.25) is 0 Å². The third kappa shape index (κ3) is 3.37. The van der Waals surface area contributed by atoms with Crippen LogP contribution in [0.4, 0.5) is 5.69 Å². The third-order valence-electron chi connectivity index (χ3n) is 2.82. The Morgan fingerprint density at radius 1 is 1.58 bits per heavy atom. The number of nitrogens with zero attached hydrogens (tertiary/aromatic N) is 2. The number of hydrogen-bond donors (Lipinski definition) is 3. The summed E-state index contributed by atoms with van der Waals surface area (Å²) in [5.74, 6) is 0.764. The van der Waals surface area contributed by atoms with Crippen molar-refractivity contribution in [2.45, 2.75) is 26.3 Å². The fourth-order valence-electron chi connectivity index (χ4n) is 1.97. The molecule has 0 atom stereocenters. The summed E-state index contributed by atoms with van der Waals surface area (Å²) in [7, 11) is 0. The maximum atomic E-state index is 12.1. The molecule has 2 heterocycles. The zero-order valence-corrected chi connectivity index (χ0v) is 11.0. The molecule has 0 aliphatic carbocycles. The van der Waals surface area contributed by atoms with E-state index in [4.69, 9.17) is 5.73 Å². The van der Waals surface area contributed by atoms with Crippen molar-refractivity contribution in [3.63, 3.8) is 0 Å². The Morgan fingerprint density at radius 3 is 3.11 bits per heavy atom. The van der Waals surface area contributed by atoms with Gasteiger partial charge < -0.3 is 20.6 Å². The van der Waals surface area contributed by atoms with Crippen LogP contribution < -0.4 is 11.1 Å². The van der Waals surface area contributed by atoms with E-state index in [-0.39, 0.29) is 5.91 Å². The quantitative estimate of drug-likeness (QED) is 0.729. The Morgan fingerprint density at radius 2 is 2.42 bits per heavy atom. The lowest BCUT2D eigenvalue weighted by Crippen LogP contribution is -2.28. The minimum absolute atomic E-state index is 0.100. The van der Waals surface area contributed by atoms with Crippen LogP contribution in [0.1, 0.15) is 29.7 Å². The smallest absolute Gasteiger partial charge is 0.267 e. The number of carbonyl (C=O) groups is 1. The van der Waals surface area contributed by atoms with Gasteiger partial charge in [-0.1, -0.05) is 6.92 Å². The van der Waals surface area contributed by atoms with Crippen LogP contribution in [0.15, 0.2) is 24.7 Å². The Bertz CT molecular complexity index is 529. The summed E-state index contributed by atoms with van der Waals surface area (Å²) in [4.78, 5) is 19.2. The second-order valence-corrected chi connectivity index (χ2v) is 4.39. The number of aromatic amines is 1. The van der Waals surface area contributed by atoms with Crippen molar-refractivity contribution in [2.24, 2.45) is 0 Å². The lowest BCUT2D eigenvalue weighted by molar-refractivity contribution is 0.0944. The number of H-pyrrole nitrogens is 1. The molecule has 0 spiro atoms. The number of rotatable bonds is 6. The molecular formula is C13H19N5O. The van der Waals surface area contributed by atoms with Crippen LogP contribution in [0.5, 0.6) is 0 Å². The van der Waals surface area contributed by atoms with E-state index >= 15 is 0 Å². The first-order valence-corrected chi connectivity index (χ1v) is 6.42. The minimum Gasteiger partial charge on any atom is -0.397 e. The van der Waals surface area contributed by atoms with Crippen LogP contribution in [0.2, 0.25) is 0 Å². The second-order valence-electron chi connectivity index (χ2n) is 4.39. The molecule has 2 rings (SSSR count). The number of anilines is 1. The highest BCUT2D eigenvalue weighted by Crippen LogP contribution is 2.11. The molecular weight excluding hydrogens is 242 g/mol. The van der Waals surface area contributed by atoms with Crippen molar-refractivity contribution >= 4 is 11.6 Å². The van der Waals surface area contributed by atoms with E-state index in [0.29, 0.717) is 24.3 Å². The van der Waals surface area contributed by atoms with E-state index in [1.807, 2.05) is 4.57 Å². The van der Waals surface area contributed by atoms with Crippen LogP contribution in [-0.4, -0.2) is 27.0 Å². The highest BCUT2D eigenvalue weighted by molar-refractivity contribution is 5.93. The maximum absolute atomic E-state index is 12.1. The van der Waals surface area contributed by atoms with Crippen LogP contribution >= 0.6 is 0 Å². The molecule has 0 bridgehead atoms. The van der Waals surface area contributed by atoms with Crippen molar-refractivity contribution in [1.29, 1.82) is 0 Å². The van der Waals surface area contributed by atoms with Crippen LogP contribution in [0.25, 0.3) is 0 Å². The Kier molecular flexibility index (Phi) is 4.22. The number of hydrogen-bond acceptors (Lipinski definition) is 3. The van der Waals surface area contributed by atoms with E-state index < -0.39 is 0 Å². The van der Waals surface area contributed by atoms with Gasteiger partial charge >= 0.3 is 0 Å². The number of imidazole rings is 1. The number of nitrogens with two attached hydrogens (primary N) is 1. The van der Waals surface area contributed by atoms with Crippen molar-refractivity contribution in [2.75, 3.05) is 12.3 Å². The van der Waals surface area contributed by atoms with Gasteiger partial charge in [0, 0.05) is 38.1 Å². The maximum Gasteiger partial charge on any atom is 0.267 e. The van der Waals surface area contributed by atoms with Gasteiger partial charge in [-0.15, -0.1) is 0 Å². The van der Waals surface area contributed by atoms with Gasteiger partial charge in [-0.25, -0.2) is 4.98 Å². The van der Waals surface area contributed by atoms with Gasteiger partial charge in [-0.3, -0.25) is 4.79 Å². The average Bonchev–Trinajstić information content (AvgIpc) is 2.99. The standard InChI is InChI=1S/C13H19N5O/c1-2-7-18-9-10(14)8-11(18)13(19)17-4-3-12-15-5-6-16-12/h5-6,8-9H,2-4,7,14H2,1H3,(H,15,16)(H,17,19). The molecule has 0 fully saturated rings. The van der Waals surface area contributed by atoms with Gasteiger partial charge in [0.15, 0.2) is 0 Å². The van der Waals surface area contributed by atoms with Crippen molar-refractivity contribution in [3.8, 4) is 0 Å². The van der Waals surface area contributed by atoms with Crippen molar-refractivity contribution in [1.82, 2.24) is 19.9 Å². The highest BCUT2D eigenvalue weighted by atomic mass is 16.1. The van der Waals surface area contributed by atoms with Gasteiger partial charge in [0.1, 0.15) is 11.5 Å². The molecule has 0 aliphatic heterocycles. The fourth-order valence-corrected chi connectivity index (χ4v) is 1.97. The zero-order valence-electron chi connectivity index (χ0n) is 11.0. The lowest BCUT2D eigenvalue weighted by atomic mass is 10.3. The van der Waals surface area contributed by atoms with E-state index in [0.717, 1.165) is 18.8 Å². The molecule has 0 saturated heterocycles. The second kappa shape index (κ2) is 6.08. The summed E-state index contributed by atoms with van der Waals surface area (Å²) in [5.41, 5.74) is 6.96. The van der Waals surface area contributed by atoms with Gasteiger partial charge in [0.05, 0.1) is 5.69 Å². The third-order valence-corrected chi connectivity index (χ3v) is 2.82. The number of nitrogens with one attached hydrogen (secondary N) is 2. The molecule has 0 saturated carbocycles. The highest BCUT2D eigenvalue weighted by Gasteiger charge is 2.12. The van der Waals surface area contributed by atoms with Gasteiger partial charge in [-0.05, 0) is 12.5 Å². The number of carbonyl (C=O) groups excluding carboxylic acids is 1. The topological polar surface area (TPSA) is 88.7 Å². The molecule has 0 aromatic carbocycles. The summed E-state index contributed by atoms with van der Waals surface area (Å²) in [6, 6.07) is 1.71. The average molecular weight is 261 g/mol. The van der Waals surface area contributed by atoms with Crippen molar-refractivity contribution in [3.05, 3.63) is 36.2 Å². The summed E-state index contributed by atoms with van der Waals surface area (Å²) < 4.78 is 1.89. The van der Waals surface area contributed by atoms with E-state index in [2.05, 4.69) is 22.2 Å². The lowest BCUT2D eigenvalue weighted by Gasteiger charge is -2.08. The van der Waals surface area contributed by atoms with E-state index in [1.165, 1.54) is 0 Å². The Balaban J connectivity index is 1.92. The summed E-state index contributed by atoms with van der Waals surface area (Å²) in [5, 5.41) is 2.87. The minimum atomic E-state index is -0.100. The van der Waals surface area contributed by atoms with Crippen LogP contribution in [0.3, 0.4) is 0 Å². The summed E-state index contributed by atoms with van der Waals surface area (Å²) >= 11 is 0. The zero-order chi connectivity index (χ0) is 13.7. The molecule has 0 radical (unpaired) electrons.